The van der Waals surface area contributed by atoms with Crippen LogP contribution in [0.5, 0.6) is 0 Å². The minimum Gasteiger partial charge on any atom is -0.382 e. The van der Waals surface area contributed by atoms with E-state index in [2.05, 4.69) is 29.3 Å². The van der Waals surface area contributed by atoms with Crippen molar-refractivity contribution in [3.63, 3.8) is 0 Å². The zero-order valence-corrected chi connectivity index (χ0v) is 14.2. The van der Waals surface area contributed by atoms with Crippen LogP contribution in [0.2, 0.25) is 0 Å². The van der Waals surface area contributed by atoms with Crippen molar-refractivity contribution in [1.82, 2.24) is 10.2 Å². The van der Waals surface area contributed by atoms with Crippen LogP contribution in [0.25, 0.3) is 0 Å². The van der Waals surface area contributed by atoms with Crippen LogP contribution in [0.3, 0.4) is 0 Å². The molecule has 0 aromatic rings. The molecule has 0 saturated carbocycles. The van der Waals surface area contributed by atoms with Crippen molar-refractivity contribution in [2.75, 3.05) is 32.8 Å². The van der Waals surface area contributed by atoms with Crippen molar-refractivity contribution in [2.45, 2.75) is 52.0 Å². The lowest BCUT2D eigenvalue weighted by molar-refractivity contribution is -0.126. The normalized spacial score (nSPS) is 29.5. The fraction of sp³-hybridized carbons (Fsp3) is 0.833. The van der Waals surface area contributed by atoms with E-state index in [1.54, 1.807) is 0 Å². The Bertz CT molecular complexity index is 370. The Hall–Kier alpha value is -0.870. The molecule has 1 aliphatic carbocycles. The third-order valence-corrected chi connectivity index (χ3v) is 4.92. The molecule has 4 nitrogen and oxygen atoms in total. The molecule has 0 unspecified atom stereocenters. The van der Waals surface area contributed by atoms with E-state index >= 15 is 0 Å². The van der Waals surface area contributed by atoms with E-state index in [-0.39, 0.29) is 11.8 Å². The standard InChI is InChI=1S/C18H32N2O2/c1-3-22-13-7-11-20-12-10-17(15(2)14-20)19-18(21)16-8-5-4-6-9-16/h4-5,15-17H,3,6-14H2,1-2H3,(H,19,21)/t15-,16+,17+/m1/s1. The van der Waals surface area contributed by atoms with Gasteiger partial charge in [0.15, 0.2) is 0 Å². The molecule has 0 radical (unpaired) electrons. The first-order chi connectivity index (χ1) is 10.7. The minimum absolute atomic E-state index is 0.196. The first kappa shape index (κ1) is 17.5. The van der Waals surface area contributed by atoms with Crippen LogP contribution < -0.4 is 5.32 Å². The molecule has 1 heterocycles. The summed E-state index contributed by atoms with van der Waals surface area (Å²) in [6.45, 7) is 9.25. The summed E-state index contributed by atoms with van der Waals surface area (Å²) in [6.07, 6.45) is 9.48. The number of ether oxygens (including phenoxy) is 1. The summed E-state index contributed by atoms with van der Waals surface area (Å²) in [5.41, 5.74) is 0. The molecule has 1 aliphatic heterocycles. The molecule has 3 atom stereocenters. The fourth-order valence-electron chi connectivity index (χ4n) is 3.52. The van der Waals surface area contributed by atoms with Crippen molar-refractivity contribution >= 4 is 5.91 Å². The van der Waals surface area contributed by atoms with Crippen molar-refractivity contribution in [1.29, 1.82) is 0 Å². The topological polar surface area (TPSA) is 41.6 Å². The largest absolute Gasteiger partial charge is 0.382 e. The number of carbonyl (C=O) groups is 1. The third-order valence-electron chi connectivity index (χ3n) is 4.92. The first-order valence-electron chi connectivity index (χ1n) is 8.96. The average Bonchev–Trinajstić information content (AvgIpc) is 2.55. The Morgan fingerprint density at radius 2 is 2.23 bits per heavy atom. The van der Waals surface area contributed by atoms with Crippen LogP contribution in [-0.4, -0.2) is 49.7 Å². The number of hydrogen-bond donors (Lipinski definition) is 1. The van der Waals surface area contributed by atoms with Gasteiger partial charge in [0.1, 0.15) is 0 Å². The summed E-state index contributed by atoms with van der Waals surface area (Å²) in [6, 6.07) is 0.349. The molecule has 0 spiro atoms. The van der Waals surface area contributed by atoms with E-state index in [4.69, 9.17) is 4.74 Å². The zero-order chi connectivity index (χ0) is 15.8. The number of amides is 1. The molecule has 1 N–H and O–H groups in total. The lowest BCUT2D eigenvalue weighted by Gasteiger charge is -2.38. The second-order valence-electron chi connectivity index (χ2n) is 6.71. The predicted octanol–water partition coefficient (Wildman–Crippen LogP) is 2.60. The van der Waals surface area contributed by atoms with E-state index < -0.39 is 0 Å². The summed E-state index contributed by atoms with van der Waals surface area (Å²) < 4.78 is 5.40. The molecular weight excluding hydrogens is 276 g/mol. The molecule has 0 aromatic heterocycles. The highest BCUT2D eigenvalue weighted by Crippen LogP contribution is 2.21. The molecule has 1 saturated heterocycles. The summed E-state index contributed by atoms with van der Waals surface area (Å²) in [5, 5.41) is 3.31. The summed E-state index contributed by atoms with van der Waals surface area (Å²) >= 11 is 0. The van der Waals surface area contributed by atoms with Gasteiger partial charge in [-0.15, -0.1) is 0 Å². The van der Waals surface area contributed by atoms with Gasteiger partial charge < -0.3 is 15.0 Å². The monoisotopic (exact) mass is 308 g/mol. The Balaban J connectivity index is 1.69. The number of hydrogen-bond acceptors (Lipinski definition) is 3. The number of nitrogens with one attached hydrogen (secondary N) is 1. The highest BCUT2D eigenvalue weighted by molar-refractivity contribution is 5.79. The smallest absolute Gasteiger partial charge is 0.223 e. The van der Waals surface area contributed by atoms with Gasteiger partial charge in [0.2, 0.25) is 5.91 Å². The Labute approximate surface area is 135 Å². The SMILES string of the molecule is CCOCCCN1CC[C@H](NC(=O)[C@H]2CC=CCC2)[C@H](C)C1. The van der Waals surface area contributed by atoms with Crippen LogP contribution in [0, 0.1) is 11.8 Å². The second kappa shape index (κ2) is 9.31. The number of rotatable bonds is 7. The molecule has 2 rings (SSSR count). The maximum absolute atomic E-state index is 12.4. The Morgan fingerprint density at radius 3 is 2.91 bits per heavy atom. The summed E-state index contributed by atoms with van der Waals surface area (Å²) in [4.78, 5) is 14.9. The van der Waals surface area contributed by atoms with Gasteiger partial charge in [0, 0.05) is 44.8 Å². The molecule has 126 valence electrons. The minimum atomic E-state index is 0.196. The van der Waals surface area contributed by atoms with E-state index in [1.807, 2.05) is 6.92 Å². The molecule has 1 fully saturated rings. The predicted molar refractivity (Wildman–Crippen MR) is 89.7 cm³/mol. The van der Waals surface area contributed by atoms with Gasteiger partial charge in [-0.25, -0.2) is 0 Å². The number of carbonyl (C=O) groups excluding carboxylic acids is 1. The molecule has 4 heteroatoms. The molecule has 22 heavy (non-hydrogen) atoms. The van der Waals surface area contributed by atoms with Crippen LogP contribution in [0.1, 0.15) is 46.0 Å². The second-order valence-corrected chi connectivity index (χ2v) is 6.71. The highest BCUT2D eigenvalue weighted by atomic mass is 16.5. The van der Waals surface area contributed by atoms with E-state index in [0.29, 0.717) is 12.0 Å². The van der Waals surface area contributed by atoms with Gasteiger partial charge in [-0.2, -0.15) is 0 Å². The quantitative estimate of drug-likeness (QED) is 0.580. The summed E-state index contributed by atoms with van der Waals surface area (Å²) in [5.74, 6) is 0.997. The van der Waals surface area contributed by atoms with Crippen LogP contribution in [-0.2, 0) is 9.53 Å². The number of piperidine rings is 1. The van der Waals surface area contributed by atoms with Crippen molar-refractivity contribution < 1.29 is 9.53 Å². The molecule has 2 aliphatic rings. The molecular formula is C18H32N2O2. The zero-order valence-electron chi connectivity index (χ0n) is 14.2. The van der Waals surface area contributed by atoms with Gasteiger partial charge in [-0.3, -0.25) is 4.79 Å². The number of likely N-dealkylation sites (tertiary alicyclic amines) is 1. The fourth-order valence-corrected chi connectivity index (χ4v) is 3.52. The van der Waals surface area contributed by atoms with Gasteiger partial charge in [0.25, 0.3) is 0 Å². The van der Waals surface area contributed by atoms with Crippen LogP contribution >= 0.6 is 0 Å². The van der Waals surface area contributed by atoms with Crippen LogP contribution in [0.15, 0.2) is 12.2 Å². The first-order valence-corrected chi connectivity index (χ1v) is 8.96. The average molecular weight is 308 g/mol. The van der Waals surface area contributed by atoms with Crippen LogP contribution in [0.4, 0.5) is 0 Å². The lowest BCUT2D eigenvalue weighted by Crippen LogP contribution is -2.51. The third kappa shape index (κ3) is 5.40. The highest BCUT2D eigenvalue weighted by Gasteiger charge is 2.29. The van der Waals surface area contributed by atoms with Gasteiger partial charge in [0.05, 0.1) is 0 Å². The Morgan fingerprint density at radius 1 is 1.36 bits per heavy atom. The van der Waals surface area contributed by atoms with Gasteiger partial charge in [-0.05, 0) is 44.9 Å². The van der Waals surface area contributed by atoms with Gasteiger partial charge in [-0.1, -0.05) is 19.1 Å². The number of nitrogens with zero attached hydrogens (tertiary/aromatic N) is 1. The van der Waals surface area contributed by atoms with Crippen molar-refractivity contribution in [3.8, 4) is 0 Å². The molecule has 0 aromatic carbocycles. The molecule has 0 bridgehead atoms. The number of allylic oxidation sites excluding steroid dienone is 2. The lowest BCUT2D eigenvalue weighted by atomic mass is 9.90. The maximum atomic E-state index is 12.4. The van der Waals surface area contributed by atoms with E-state index in [1.165, 1.54) is 0 Å². The Kier molecular flexibility index (Phi) is 7.40. The van der Waals surface area contributed by atoms with Crippen molar-refractivity contribution in [2.24, 2.45) is 11.8 Å². The maximum Gasteiger partial charge on any atom is 0.223 e. The van der Waals surface area contributed by atoms with E-state index in [9.17, 15) is 4.79 Å². The van der Waals surface area contributed by atoms with Gasteiger partial charge >= 0.3 is 0 Å². The van der Waals surface area contributed by atoms with Crippen molar-refractivity contribution in [3.05, 3.63) is 12.2 Å². The summed E-state index contributed by atoms with van der Waals surface area (Å²) in [7, 11) is 0. The molecule has 1 amide bonds. The van der Waals surface area contributed by atoms with E-state index in [0.717, 1.165) is 65.0 Å².